The molecule has 0 aliphatic carbocycles. The fourth-order valence-electron chi connectivity index (χ4n) is 4.64. The van der Waals surface area contributed by atoms with Crippen molar-refractivity contribution in [1.29, 1.82) is 0 Å². The Morgan fingerprint density at radius 1 is 1.24 bits per heavy atom. The van der Waals surface area contributed by atoms with Gasteiger partial charge in [0, 0.05) is 18.2 Å². The van der Waals surface area contributed by atoms with Gasteiger partial charge in [-0.25, -0.2) is 4.79 Å². The van der Waals surface area contributed by atoms with E-state index in [1.165, 1.54) is 0 Å². The Hall–Kier alpha value is -2.83. The number of pyridine rings is 1. The molecule has 2 N–H and O–H groups in total. The van der Waals surface area contributed by atoms with Crippen LogP contribution in [0.15, 0.2) is 47.3 Å². The maximum Gasteiger partial charge on any atom is 0.322 e. The van der Waals surface area contributed by atoms with Crippen LogP contribution in [0.25, 0.3) is 10.9 Å². The number of hydrogen-bond acceptors (Lipinski definition) is 3. The maximum absolute atomic E-state index is 13.4. The van der Waals surface area contributed by atoms with E-state index in [4.69, 9.17) is 11.6 Å². The van der Waals surface area contributed by atoms with E-state index in [2.05, 4.69) is 28.2 Å². The van der Waals surface area contributed by atoms with Gasteiger partial charge < -0.3 is 15.2 Å². The number of carbonyl (C=O) groups excluding carboxylic acids is 1. The number of likely N-dealkylation sites (N-methyl/N-ethyl adjacent to an activating group) is 1. The zero-order valence-corrected chi connectivity index (χ0v) is 20.2. The number of likely N-dealkylation sites (tertiary alicyclic amines) is 1. The van der Waals surface area contributed by atoms with Crippen molar-refractivity contribution in [2.45, 2.75) is 46.2 Å². The van der Waals surface area contributed by atoms with Crippen LogP contribution in [-0.4, -0.2) is 46.5 Å². The van der Waals surface area contributed by atoms with Gasteiger partial charge in [0.1, 0.15) is 0 Å². The summed E-state index contributed by atoms with van der Waals surface area (Å²) in [6.45, 7) is 8.94. The zero-order chi connectivity index (χ0) is 23.5. The van der Waals surface area contributed by atoms with Crippen molar-refractivity contribution < 1.29 is 4.79 Å². The van der Waals surface area contributed by atoms with E-state index in [0.717, 1.165) is 48.0 Å². The van der Waals surface area contributed by atoms with Crippen molar-refractivity contribution in [3.05, 3.63) is 74.5 Å². The van der Waals surface area contributed by atoms with Crippen LogP contribution in [0.1, 0.15) is 36.5 Å². The summed E-state index contributed by atoms with van der Waals surface area (Å²) >= 11 is 6.27. The molecule has 1 atom stereocenters. The summed E-state index contributed by atoms with van der Waals surface area (Å²) in [5.41, 5.74) is 4.02. The van der Waals surface area contributed by atoms with E-state index in [1.54, 1.807) is 17.0 Å². The van der Waals surface area contributed by atoms with Crippen LogP contribution < -0.4 is 10.9 Å². The smallest absolute Gasteiger partial charge is 0.321 e. The molecule has 1 aromatic heterocycles. The first-order valence-corrected chi connectivity index (χ1v) is 11.9. The first kappa shape index (κ1) is 23.3. The highest BCUT2D eigenvalue weighted by atomic mass is 35.5. The number of rotatable bonds is 6. The Kier molecular flexibility index (Phi) is 7.05. The summed E-state index contributed by atoms with van der Waals surface area (Å²) < 4.78 is 0. The molecule has 2 aromatic carbocycles. The Bertz CT molecular complexity index is 1220. The standard InChI is InChI=1S/C26H31ClN4O2/c1-4-30-13-7-8-21(30)16-31(26(33)28-23-10-6-5-9-22(23)27)15-20-14-19-12-11-17(2)18(3)24(19)29-25(20)32/h5-6,9-12,14,21H,4,7-8,13,15-16H2,1-3H3,(H,28,33)(H,29,32)/t21-/m1/s1. The molecular weight excluding hydrogens is 436 g/mol. The number of urea groups is 1. The van der Waals surface area contributed by atoms with Gasteiger partial charge in [-0.1, -0.05) is 42.8 Å². The molecule has 0 spiro atoms. The fourth-order valence-corrected chi connectivity index (χ4v) is 4.82. The first-order chi connectivity index (χ1) is 15.9. The number of aromatic amines is 1. The lowest BCUT2D eigenvalue weighted by Gasteiger charge is -2.30. The Balaban J connectivity index is 1.65. The summed E-state index contributed by atoms with van der Waals surface area (Å²) in [6.07, 6.45) is 2.16. The third-order valence-electron chi connectivity index (χ3n) is 6.73. The van der Waals surface area contributed by atoms with E-state index < -0.39 is 0 Å². The van der Waals surface area contributed by atoms with Gasteiger partial charge in [0.15, 0.2) is 0 Å². The molecule has 33 heavy (non-hydrogen) atoms. The molecule has 0 radical (unpaired) electrons. The van der Waals surface area contributed by atoms with E-state index in [-0.39, 0.29) is 24.2 Å². The molecule has 6 nitrogen and oxygen atoms in total. The second kappa shape index (κ2) is 9.98. The van der Waals surface area contributed by atoms with Crippen LogP contribution in [0.5, 0.6) is 0 Å². The van der Waals surface area contributed by atoms with Crippen molar-refractivity contribution >= 4 is 34.2 Å². The quantitative estimate of drug-likeness (QED) is 0.516. The number of para-hydroxylation sites is 1. The summed E-state index contributed by atoms with van der Waals surface area (Å²) in [6, 6.07) is 13.2. The number of anilines is 1. The number of hydrogen-bond donors (Lipinski definition) is 2. The van der Waals surface area contributed by atoms with Crippen molar-refractivity contribution in [3.63, 3.8) is 0 Å². The van der Waals surface area contributed by atoms with Gasteiger partial charge in [-0.3, -0.25) is 9.69 Å². The molecule has 2 heterocycles. The van der Waals surface area contributed by atoms with E-state index >= 15 is 0 Å². The van der Waals surface area contributed by atoms with Crippen LogP contribution in [-0.2, 0) is 6.54 Å². The van der Waals surface area contributed by atoms with Crippen LogP contribution in [0.4, 0.5) is 10.5 Å². The predicted molar refractivity (Wildman–Crippen MR) is 135 cm³/mol. The number of nitrogens with one attached hydrogen (secondary N) is 2. The predicted octanol–water partition coefficient (Wildman–Crippen LogP) is 5.32. The molecule has 7 heteroatoms. The molecule has 1 fully saturated rings. The average molecular weight is 467 g/mol. The van der Waals surface area contributed by atoms with Crippen LogP contribution in [0, 0.1) is 13.8 Å². The lowest BCUT2D eigenvalue weighted by Crippen LogP contribution is -2.45. The Morgan fingerprint density at radius 2 is 2.03 bits per heavy atom. The van der Waals surface area contributed by atoms with E-state index in [0.29, 0.717) is 22.8 Å². The van der Waals surface area contributed by atoms with E-state index in [9.17, 15) is 9.59 Å². The zero-order valence-electron chi connectivity index (χ0n) is 19.5. The third-order valence-corrected chi connectivity index (χ3v) is 7.06. The molecule has 2 amide bonds. The number of aromatic nitrogens is 1. The maximum atomic E-state index is 13.4. The molecule has 1 aliphatic rings. The van der Waals surface area contributed by atoms with Crippen molar-refractivity contribution in [3.8, 4) is 0 Å². The summed E-state index contributed by atoms with van der Waals surface area (Å²) in [5, 5.41) is 4.39. The molecular formula is C26H31ClN4O2. The second-order valence-corrected chi connectivity index (χ2v) is 9.22. The minimum atomic E-state index is -0.259. The normalized spacial score (nSPS) is 16.3. The Morgan fingerprint density at radius 3 is 2.79 bits per heavy atom. The van der Waals surface area contributed by atoms with Crippen LogP contribution in [0.3, 0.4) is 0 Å². The molecule has 3 aromatic rings. The number of fused-ring (bicyclic) bond motifs is 1. The number of aryl methyl sites for hydroxylation is 2. The van der Waals surface area contributed by atoms with Crippen molar-refractivity contribution in [2.75, 3.05) is 25.0 Å². The molecule has 174 valence electrons. The number of carbonyl (C=O) groups is 1. The van der Waals surface area contributed by atoms with E-state index in [1.807, 2.05) is 38.1 Å². The van der Waals surface area contributed by atoms with Crippen molar-refractivity contribution in [1.82, 2.24) is 14.8 Å². The van der Waals surface area contributed by atoms with Gasteiger partial charge in [-0.2, -0.15) is 0 Å². The number of benzene rings is 2. The molecule has 1 saturated heterocycles. The van der Waals surface area contributed by atoms with Gasteiger partial charge in [0.05, 0.1) is 22.8 Å². The number of halogens is 1. The van der Waals surface area contributed by atoms with Crippen LogP contribution >= 0.6 is 11.6 Å². The monoisotopic (exact) mass is 466 g/mol. The lowest BCUT2D eigenvalue weighted by molar-refractivity contribution is 0.174. The van der Waals surface area contributed by atoms with Gasteiger partial charge in [-0.15, -0.1) is 0 Å². The number of amides is 2. The Labute approximate surface area is 199 Å². The minimum Gasteiger partial charge on any atom is -0.321 e. The highest BCUT2D eigenvalue weighted by Gasteiger charge is 2.28. The lowest BCUT2D eigenvalue weighted by atomic mass is 10.0. The largest absolute Gasteiger partial charge is 0.322 e. The SMILES string of the molecule is CCN1CCC[C@@H]1CN(Cc1cc2ccc(C)c(C)c2[nH]c1=O)C(=O)Nc1ccccc1Cl. The highest BCUT2D eigenvalue weighted by molar-refractivity contribution is 6.33. The van der Waals surface area contributed by atoms with Gasteiger partial charge >= 0.3 is 6.03 Å². The summed E-state index contributed by atoms with van der Waals surface area (Å²) in [5.74, 6) is 0. The first-order valence-electron chi connectivity index (χ1n) is 11.5. The summed E-state index contributed by atoms with van der Waals surface area (Å²) in [4.78, 5) is 33.5. The summed E-state index contributed by atoms with van der Waals surface area (Å²) in [7, 11) is 0. The number of H-pyrrole nitrogens is 1. The fraction of sp³-hybridized carbons (Fsp3) is 0.385. The topological polar surface area (TPSA) is 68.4 Å². The van der Waals surface area contributed by atoms with Gasteiger partial charge in [0.2, 0.25) is 0 Å². The highest BCUT2D eigenvalue weighted by Crippen LogP contribution is 2.24. The van der Waals surface area contributed by atoms with Crippen molar-refractivity contribution in [2.24, 2.45) is 0 Å². The average Bonchev–Trinajstić information content (AvgIpc) is 3.25. The molecule has 0 bridgehead atoms. The minimum absolute atomic E-state index is 0.162. The number of nitrogens with zero attached hydrogens (tertiary/aromatic N) is 2. The van der Waals surface area contributed by atoms with Gasteiger partial charge in [0.25, 0.3) is 5.56 Å². The van der Waals surface area contributed by atoms with Crippen LogP contribution in [0.2, 0.25) is 5.02 Å². The third kappa shape index (κ3) is 5.07. The molecule has 4 rings (SSSR count). The van der Waals surface area contributed by atoms with Gasteiger partial charge in [-0.05, 0) is 74.5 Å². The molecule has 1 aliphatic heterocycles. The molecule has 0 unspecified atom stereocenters. The molecule has 0 saturated carbocycles. The second-order valence-electron chi connectivity index (χ2n) is 8.81.